The van der Waals surface area contributed by atoms with E-state index in [1.165, 1.54) is 18.6 Å². The van der Waals surface area contributed by atoms with E-state index in [1.807, 2.05) is 6.08 Å². The number of rotatable bonds is 13. The van der Waals surface area contributed by atoms with Crippen LogP contribution in [0.25, 0.3) is 10.8 Å². The monoisotopic (exact) mass is 486 g/mol. The number of halogens is 1. The number of fused-ring (bicyclic) bond motifs is 1. The zero-order valence-electron chi connectivity index (χ0n) is 20.4. The maximum Gasteiger partial charge on any atom is 0.349 e. The van der Waals surface area contributed by atoms with Crippen molar-refractivity contribution in [2.24, 2.45) is 11.8 Å². The van der Waals surface area contributed by atoms with Crippen molar-refractivity contribution in [2.75, 3.05) is 13.2 Å². The van der Waals surface area contributed by atoms with E-state index in [4.69, 9.17) is 18.6 Å². The van der Waals surface area contributed by atoms with E-state index in [0.717, 1.165) is 38.5 Å². The molecule has 1 saturated carbocycles. The molecule has 0 N–H and O–H groups in total. The lowest BCUT2D eigenvalue weighted by atomic mass is 9.82. The first-order valence-corrected chi connectivity index (χ1v) is 12.5. The van der Waals surface area contributed by atoms with Gasteiger partial charge in [0, 0.05) is 6.07 Å². The number of carbonyl (C=O) groups excluding carboxylic acids is 1. The molecule has 1 aromatic heterocycles. The summed E-state index contributed by atoms with van der Waals surface area (Å²) in [6.07, 6.45) is 13.6. The van der Waals surface area contributed by atoms with Crippen LogP contribution in [-0.4, -0.2) is 19.2 Å². The van der Waals surface area contributed by atoms with Crippen LogP contribution in [0.2, 0.25) is 0 Å². The molecule has 1 aliphatic rings. The summed E-state index contributed by atoms with van der Waals surface area (Å²) in [6.45, 7) is 6.59. The average molecular weight is 487 g/mol. The Kier molecular flexibility index (Phi) is 10.4. The van der Waals surface area contributed by atoms with Gasteiger partial charge in [0.2, 0.25) is 0 Å². The maximum absolute atomic E-state index is 14.9. The molecule has 0 spiro atoms. The Morgan fingerprint density at radius 3 is 2.69 bits per heavy atom. The van der Waals surface area contributed by atoms with Crippen molar-refractivity contribution in [1.29, 1.82) is 0 Å². The number of carbonyl (C=O) groups is 1. The molecular weight excluding hydrogens is 451 g/mol. The van der Waals surface area contributed by atoms with Gasteiger partial charge in [0.15, 0.2) is 11.6 Å². The Labute approximate surface area is 205 Å². The second kappa shape index (κ2) is 13.7. The lowest BCUT2D eigenvalue weighted by Gasteiger charge is -2.24. The highest BCUT2D eigenvalue weighted by Crippen LogP contribution is 2.32. The van der Waals surface area contributed by atoms with Crippen molar-refractivity contribution in [2.45, 2.75) is 64.7 Å². The van der Waals surface area contributed by atoms with Crippen LogP contribution in [0, 0.1) is 17.7 Å². The van der Waals surface area contributed by atoms with Gasteiger partial charge in [-0.15, -0.1) is 0 Å². The molecule has 2 aromatic rings. The Hall–Kier alpha value is -3.09. The van der Waals surface area contributed by atoms with E-state index in [1.54, 1.807) is 18.4 Å². The highest BCUT2D eigenvalue weighted by molar-refractivity contribution is 5.84. The Morgan fingerprint density at radius 2 is 1.94 bits per heavy atom. The molecule has 1 aliphatic carbocycles. The van der Waals surface area contributed by atoms with Crippen molar-refractivity contribution >= 4 is 16.7 Å². The van der Waals surface area contributed by atoms with E-state index in [9.17, 15) is 14.0 Å². The molecule has 0 saturated heterocycles. The van der Waals surface area contributed by atoms with E-state index >= 15 is 0 Å². The zero-order valence-corrected chi connectivity index (χ0v) is 20.4. The van der Waals surface area contributed by atoms with Crippen molar-refractivity contribution in [3.8, 4) is 11.7 Å². The predicted octanol–water partition coefficient (Wildman–Crippen LogP) is 6.71. The Morgan fingerprint density at radius 1 is 1.17 bits per heavy atom. The third-order valence-corrected chi connectivity index (χ3v) is 6.28. The fourth-order valence-corrected chi connectivity index (χ4v) is 4.27. The number of ether oxygens (including phenoxy) is 3. The molecule has 0 aliphatic heterocycles. The molecule has 0 bridgehead atoms. The van der Waals surface area contributed by atoms with Gasteiger partial charge in [0.1, 0.15) is 12.0 Å². The summed E-state index contributed by atoms with van der Waals surface area (Å²) in [7, 11) is 0. The van der Waals surface area contributed by atoms with Crippen molar-refractivity contribution in [1.82, 2.24) is 0 Å². The molecular formula is C28H35FO6. The summed E-state index contributed by atoms with van der Waals surface area (Å²) >= 11 is 0. The predicted molar refractivity (Wildman–Crippen MR) is 133 cm³/mol. The third-order valence-electron chi connectivity index (χ3n) is 6.28. The summed E-state index contributed by atoms with van der Waals surface area (Å²) in [5, 5.41) is 0.0875. The van der Waals surface area contributed by atoms with Gasteiger partial charge in [-0.05, 0) is 61.6 Å². The van der Waals surface area contributed by atoms with Crippen molar-refractivity contribution in [3.05, 3.63) is 59.4 Å². The first-order chi connectivity index (χ1) is 17.0. The van der Waals surface area contributed by atoms with Crippen LogP contribution < -0.4 is 15.1 Å². The Bertz CT molecular complexity index is 1070. The van der Waals surface area contributed by atoms with Gasteiger partial charge < -0.3 is 18.6 Å². The normalized spacial score (nSPS) is 18.0. The lowest BCUT2D eigenvalue weighted by Crippen LogP contribution is -2.25. The molecule has 0 radical (unpaired) electrons. The fourth-order valence-electron chi connectivity index (χ4n) is 4.27. The number of benzene rings is 1. The average Bonchev–Trinajstić information content (AvgIpc) is 2.85. The fraction of sp³-hybridized carbons (Fsp3) is 0.500. The number of allylic oxidation sites excluding steroid dienone is 1. The quantitative estimate of drug-likeness (QED) is 0.136. The minimum Gasteiger partial charge on any atom is -0.497 e. The van der Waals surface area contributed by atoms with Crippen LogP contribution in [0.4, 0.5) is 4.39 Å². The first-order valence-electron chi connectivity index (χ1n) is 12.5. The molecule has 0 unspecified atom stereocenters. The van der Waals surface area contributed by atoms with E-state index in [2.05, 4.69) is 13.5 Å². The van der Waals surface area contributed by atoms with Crippen LogP contribution in [0.15, 0.2) is 52.4 Å². The molecule has 6 nitrogen and oxygen atoms in total. The maximum atomic E-state index is 14.9. The van der Waals surface area contributed by atoms with Crippen LogP contribution >= 0.6 is 0 Å². The van der Waals surface area contributed by atoms with Gasteiger partial charge in [-0.25, -0.2) is 9.18 Å². The summed E-state index contributed by atoms with van der Waals surface area (Å²) in [6, 6.07) is 4.44. The second-order valence-corrected chi connectivity index (χ2v) is 8.94. The van der Waals surface area contributed by atoms with Crippen LogP contribution in [0.1, 0.15) is 64.7 Å². The first kappa shape index (κ1) is 26.5. The molecule has 0 amide bonds. The minimum absolute atomic E-state index is 0.0192. The molecule has 190 valence electrons. The van der Waals surface area contributed by atoms with Gasteiger partial charge in [-0.1, -0.05) is 45.3 Å². The molecule has 3 rings (SSSR count). The molecule has 1 heterocycles. The van der Waals surface area contributed by atoms with Crippen LogP contribution in [0.3, 0.4) is 0 Å². The second-order valence-electron chi connectivity index (χ2n) is 8.94. The highest BCUT2D eigenvalue weighted by atomic mass is 19.1. The van der Waals surface area contributed by atoms with E-state index < -0.39 is 17.4 Å². The summed E-state index contributed by atoms with van der Waals surface area (Å²) in [5.74, 6) is -1.34. The number of hydrogen-bond acceptors (Lipinski definition) is 6. The van der Waals surface area contributed by atoms with E-state index in [-0.39, 0.29) is 23.0 Å². The SMILES string of the molecule is C=CCO/C=C/C1CCC(C(=O)Oc2cc3ccc(OCCCCCCC)c(F)c3c(=O)o2)CC1. The topological polar surface area (TPSA) is 75.0 Å². The van der Waals surface area contributed by atoms with Crippen LogP contribution in [0.5, 0.6) is 11.7 Å². The molecule has 1 fully saturated rings. The summed E-state index contributed by atoms with van der Waals surface area (Å²) in [5.41, 5.74) is -0.899. The Balaban J connectivity index is 1.57. The van der Waals surface area contributed by atoms with Gasteiger partial charge in [0.05, 0.1) is 18.8 Å². The molecule has 1 aromatic carbocycles. The van der Waals surface area contributed by atoms with E-state index in [0.29, 0.717) is 37.4 Å². The lowest BCUT2D eigenvalue weighted by molar-refractivity contribution is -0.141. The largest absolute Gasteiger partial charge is 0.497 e. The standard InChI is InChI=1S/C28H35FO6/c1-3-5-6-7-8-17-33-23-14-13-22-19-24(35-28(31)25(22)26(23)29)34-27(30)21-11-9-20(10-12-21)15-18-32-16-4-2/h4,13-15,18-21H,2-3,5-12,16-17H2,1H3/b18-15+. The minimum atomic E-state index is -0.899. The zero-order chi connectivity index (χ0) is 25.0. The number of unbranched alkanes of at least 4 members (excludes halogenated alkanes) is 4. The third kappa shape index (κ3) is 7.70. The summed E-state index contributed by atoms with van der Waals surface area (Å²) in [4.78, 5) is 25.1. The molecule has 7 heteroatoms. The smallest absolute Gasteiger partial charge is 0.349 e. The van der Waals surface area contributed by atoms with Gasteiger partial charge in [-0.3, -0.25) is 4.79 Å². The number of esters is 1. The van der Waals surface area contributed by atoms with Gasteiger partial charge in [0.25, 0.3) is 5.95 Å². The van der Waals surface area contributed by atoms with Crippen molar-refractivity contribution < 1.29 is 27.8 Å². The summed E-state index contributed by atoms with van der Waals surface area (Å²) < 4.78 is 36.2. The van der Waals surface area contributed by atoms with Crippen molar-refractivity contribution in [3.63, 3.8) is 0 Å². The molecule has 35 heavy (non-hydrogen) atoms. The van der Waals surface area contributed by atoms with Gasteiger partial charge in [-0.2, -0.15) is 0 Å². The van der Waals surface area contributed by atoms with Gasteiger partial charge >= 0.3 is 11.6 Å². The molecule has 0 atom stereocenters. The number of hydrogen-bond donors (Lipinski definition) is 0. The highest BCUT2D eigenvalue weighted by Gasteiger charge is 2.28. The van der Waals surface area contributed by atoms with Crippen LogP contribution in [-0.2, 0) is 9.53 Å².